The molecule has 2 aromatic heterocycles. The first-order valence-electron chi connectivity index (χ1n) is 11.3. The van der Waals surface area contributed by atoms with Crippen LogP contribution in [0.5, 0.6) is 5.75 Å². The topological polar surface area (TPSA) is 40.8 Å². The summed E-state index contributed by atoms with van der Waals surface area (Å²) in [5.41, 5.74) is 9.90. The maximum atomic E-state index is 6.07. The molecule has 3 nitrogen and oxygen atoms in total. The lowest BCUT2D eigenvalue weighted by molar-refractivity contribution is 0.418. The molecule has 0 aliphatic heterocycles. The Kier molecular flexibility index (Phi) is 6.50. The van der Waals surface area contributed by atoms with Crippen LogP contribution in [0.4, 0.5) is 0 Å². The van der Waals surface area contributed by atoms with Gasteiger partial charge in [-0.05, 0) is 35.8 Å². The van der Waals surface area contributed by atoms with E-state index in [0.717, 1.165) is 16.9 Å². The van der Waals surface area contributed by atoms with Crippen molar-refractivity contribution in [3.63, 3.8) is 0 Å². The van der Waals surface area contributed by atoms with E-state index in [2.05, 4.69) is 95.7 Å². The summed E-state index contributed by atoms with van der Waals surface area (Å²) in [5, 5.41) is 0. The van der Waals surface area contributed by atoms with Gasteiger partial charge in [0.05, 0.1) is 7.11 Å². The van der Waals surface area contributed by atoms with E-state index in [9.17, 15) is 0 Å². The van der Waals surface area contributed by atoms with Crippen LogP contribution in [-0.2, 0) is 0 Å². The minimum absolute atomic E-state index is 0.409. The molecule has 0 saturated carbocycles. The maximum absolute atomic E-state index is 6.07. The number of hydrogen-bond acceptors (Lipinski definition) is 1. The summed E-state index contributed by atoms with van der Waals surface area (Å²) in [6.07, 6.45) is 0. The van der Waals surface area contributed by atoms with Gasteiger partial charge in [-0.15, -0.1) is 0 Å². The van der Waals surface area contributed by atoms with Gasteiger partial charge < -0.3 is 14.7 Å². The zero-order valence-corrected chi connectivity index (χ0v) is 20.1. The van der Waals surface area contributed by atoms with Crippen LogP contribution in [0, 0.1) is 0 Å². The molecule has 0 unspecified atom stereocenters. The van der Waals surface area contributed by atoms with Crippen LogP contribution in [-0.4, -0.2) is 17.1 Å². The molecule has 3 aromatic rings. The van der Waals surface area contributed by atoms with Crippen molar-refractivity contribution in [3.8, 4) is 28.0 Å². The number of H-pyrrole nitrogens is 2. The lowest BCUT2D eigenvalue weighted by Crippen LogP contribution is -1.97. The third kappa shape index (κ3) is 4.08. The van der Waals surface area contributed by atoms with E-state index in [-0.39, 0.29) is 0 Å². The Bertz CT molecular complexity index is 926. The molecular formula is C27H38N2O. The number of aromatic amines is 2. The molecule has 0 atom stereocenters. The Morgan fingerprint density at radius 2 is 1.00 bits per heavy atom. The first-order chi connectivity index (χ1) is 14.1. The lowest BCUT2D eigenvalue weighted by atomic mass is 9.92. The summed E-state index contributed by atoms with van der Waals surface area (Å²) in [6.45, 7) is 17.9. The second-order valence-corrected chi connectivity index (χ2v) is 9.61. The fourth-order valence-electron chi connectivity index (χ4n) is 4.14. The molecule has 0 amide bonds. The Balaban J connectivity index is 2.26. The van der Waals surface area contributed by atoms with Gasteiger partial charge in [0.1, 0.15) is 5.75 Å². The van der Waals surface area contributed by atoms with Crippen LogP contribution in [0.3, 0.4) is 0 Å². The molecule has 162 valence electrons. The van der Waals surface area contributed by atoms with Crippen LogP contribution in [0.25, 0.3) is 22.3 Å². The summed E-state index contributed by atoms with van der Waals surface area (Å²) >= 11 is 0. The molecule has 0 aliphatic carbocycles. The quantitative estimate of drug-likeness (QED) is 0.408. The van der Waals surface area contributed by atoms with Gasteiger partial charge in [0.25, 0.3) is 0 Å². The lowest BCUT2D eigenvalue weighted by Gasteiger charge is -2.16. The van der Waals surface area contributed by atoms with Crippen molar-refractivity contribution in [1.29, 1.82) is 0 Å². The highest BCUT2D eigenvalue weighted by Gasteiger charge is 2.22. The SMILES string of the molecule is COc1c(-c2cc(C(C)C)[nH]c2C(C)C)cccc1-c1cc(C(C)C)[nH]c1C(C)C. The molecule has 0 radical (unpaired) electrons. The number of nitrogens with one attached hydrogen (secondary N) is 2. The first kappa shape index (κ1) is 22.3. The highest BCUT2D eigenvalue weighted by Crippen LogP contribution is 2.44. The number of ether oxygens (including phenoxy) is 1. The van der Waals surface area contributed by atoms with Gasteiger partial charge in [0, 0.05) is 45.0 Å². The molecule has 0 bridgehead atoms. The van der Waals surface area contributed by atoms with Gasteiger partial charge >= 0.3 is 0 Å². The average molecular weight is 407 g/mol. The average Bonchev–Trinajstić information content (AvgIpc) is 3.32. The first-order valence-corrected chi connectivity index (χ1v) is 11.3. The van der Waals surface area contributed by atoms with Gasteiger partial charge in [-0.3, -0.25) is 0 Å². The van der Waals surface area contributed by atoms with Crippen molar-refractivity contribution in [2.75, 3.05) is 7.11 Å². The van der Waals surface area contributed by atoms with Crippen molar-refractivity contribution in [3.05, 3.63) is 53.1 Å². The minimum atomic E-state index is 0.409. The normalized spacial score (nSPS) is 12.0. The van der Waals surface area contributed by atoms with Crippen molar-refractivity contribution in [1.82, 2.24) is 9.97 Å². The molecular weight excluding hydrogens is 368 g/mol. The monoisotopic (exact) mass is 406 g/mol. The standard InChI is InChI=1S/C27H38N2O/c1-15(2)23-13-21(25(28-23)17(5)6)19-11-10-12-20(27(19)30-9)22-14-24(16(3)4)29-26(22)18(7)8/h10-18,28-29H,1-9H3. The summed E-state index contributed by atoms with van der Waals surface area (Å²) in [4.78, 5) is 7.35. The number of methoxy groups -OCH3 is 1. The van der Waals surface area contributed by atoms with Crippen LogP contribution in [0.15, 0.2) is 30.3 Å². The predicted molar refractivity (Wildman–Crippen MR) is 129 cm³/mol. The third-order valence-electron chi connectivity index (χ3n) is 5.94. The smallest absolute Gasteiger partial charge is 0.134 e. The highest BCUT2D eigenvalue weighted by molar-refractivity contribution is 5.85. The molecule has 0 saturated heterocycles. The zero-order valence-electron chi connectivity index (χ0n) is 20.1. The number of benzene rings is 1. The predicted octanol–water partition coefficient (Wildman–Crippen LogP) is 8.18. The van der Waals surface area contributed by atoms with Crippen molar-refractivity contribution < 1.29 is 4.74 Å². The molecule has 30 heavy (non-hydrogen) atoms. The second kappa shape index (κ2) is 8.75. The Labute approximate surface area is 182 Å². The van der Waals surface area contributed by atoms with E-state index in [0.29, 0.717) is 23.7 Å². The maximum Gasteiger partial charge on any atom is 0.134 e. The summed E-state index contributed by atoms with van der Waals surface area (Å²) in [7, 11) is 1.79. The molecule has 0 aliphatic rings. The zero-order chi connectivity index (χ0) is 22.2. The number of rotatable bonds is 7. The van der Waals surface area contributed by atoms with Crippen molar-refractivity contribution in [2.24, 2.45) is 0 Å². The van der Waals surface area contributed by atoms with Gasteiger partial charge in [-0.1, -0.05) is 73.6 Å². The van der Waals surface area contributed by atoms with Crippen LogP contribution in [0.2, 0.25) is 0 Å². The minimum Gasteiger partial charge on any atom is -0.495 e. The number of aromatic nitrogens is 2. The fraction of sp³-hybridized carbons (Fsp3) is 0.481. The Morgan fingerprint density at radius 1 is 0.600 bits per heavy atom. The van der Waals surface area contributed by atoms with E-state index >= 15 is 0 Å². The second-order valence-electron chi connectivity index (χ2n) is 9.61. The molecule has 1 aromatic carbocycles. The number of hydrogen-bond donors (Lipinski definition) is 2. The summed E-state index contributed by atoms with van der Waals surface area (Å²) in [5.74, 6) is 2.68. The third-order valence-corrected chi connectivity index (χ3v) is 5.94. The van der Waals surface area contributed by atoms with Gasteiger partial charge in [0.2, 0.25) is 0 Å². The van der Waals surface area contributed by atoms with Crippen LogP contribution >= 0.6 is 0 Å². The molecule has 3 rings (SSSR count). The van der Waals surface area contributed by atoms with Crippen LogP contribution < -0.4 is 4.74 Å². The van der Waals surface area contributed by atoms with E-state index in [1.54, 1.807) is 7.11 Å². The van der Waals surface area contributed by atoms with Gasteiger partial charge in [0.15, 0.2) is 0 Å². The van der Waals surface area contributed by atoms with E-state index in [1.807, 2.05) is 0 Å². The number of para-hydroxylation sites is 1. The van der Waals surface area contributed by atoms with Crippen molar-refractivity contribution in [2.45, 2.75) is 79.1 Å². The largest absolute Gasteiger partial charge is 0.495 e. The van der Waals surface area contributed by atoms with Crippen molar-refractivity contribution >= 4 is 0 Å². The van der Waals surface area contributed by atoms with Crippen LogP contribution in [0.1, 0.15) is 102 Å². The fourth-order valence-corrected chi connectivity index (χ4v) is 4.14. The Morgan fingerprint density at radius 3 is 1.30 bits per heavy atom. The molecule has 3 heteroatoms. The molecule has 0 spiro atoms. The molecule has 2 heterocycles. The van der Waals surface area contributed by atoms with E-state index in [4.69, 9.17) is 4.74 Å². The van der Waals surface area contributed by atoms with E-state index < -0.39 is 0 Å². The van der Waals surface area contributed by atoms with Gasteiger partial charge in [-0.2, -0.15) is 0 Å². The van der Waals surface area contributed by atoms with E-state index in [1.165, 1.54) is 33.9 Å². The summed E-state index contributed by atoms with van der Waals surface area (Å²) < 4.78 is 6.07. The van der Waals surface area contributed by atoms with Gasteiger partial charge in [-0.25, -0.2) is 0 Å². The molecule has 2 N–H and O–H groups in total. The molecule has 0 fully saturated rings. The highest BCUT2D eigenvalue weighted by atomic mass is 16.5. The summed E-state index contributed by atoms with van der Waals surface area (Å²) in [6, 6.07) is 11.1. The Hall–Kier alpha value is -2.42.